The number of hydrogen-bond donors (Lipinski definition) is 1. The molecule has 1 saturated carbocycles. The Morgan fingerprint density at radius 1 is 1.32 bits per heavy atom. The molecule has 0 aliphatic heterocycles. The van der Waals surface area contributed by atoms with Crippen molar-refractivity contribution in [3.05, 3.63) is 38.9 Å². The van der Waals surface area contributed by atoms with E-state index in [2.05, 4.69) is 15.3 Å². The minimum atomic E-state index is -4.45. The number of nitrogens with zero attached hydrogens (tertiary/aromatic N) is 2. The molecule has 0 radical (unpaired) electrons. The Labute approximate surface area is 134 Å². The summed E-state index contributed by atoms with van der Waals surface area (Å²) in [5.74, 6) is 0.685. The van der Waals surface area contributed by atoms with E-state index < -0.39 is 11.7 Å². The Bertz CT molecular complexity index is 682. The number of pyridine rings is 1. The fraction of sp³-hybridized carbons (Fsp3) is 0.429. The molecule has 3 nitrogen and oxygen atoms in total. The number of alkyl halides is 3. The van der Waals surface area contributed by atoms with E-state index in [0.29, 0.717) is 5.92 Å². The van der Waals surface area contributed by atoms with Crippen molar-refractivity contribution < 1.29 is 13.2 Å². The number of thiazole rings is 1. The first-order chi connectivity index (χ1) is 10.3. The predicted molar refractivity (Wildman–Crippen MR) is 80.2 cm³/mol. The van der Waals surface area contributed by atoms with Gasteiger partial charge in [-0.05, 0) is 31.7 Å². The highest BCUT2D eigenvalue weighted by Crippen LogP contribution is 2.44. The SMILES string of the molecule is Cc1cnc([C@@H](Nc2ncc(C(F)(F)F)cc2Cl)C2CC2)s1. The summed E-state index contributed by atoms with van der Waals surface area (Å²) in [5, 5.41) is 4.04. The summed E-state index contributed by atoms with van der Waals surface area (Å²) < 4.78 is 37.9. The van der Waals surface area contributed by atoms with Gasteiger partial charge in [0, 0.05) is 17.3 Å². The maximum atomic E-state index is 12.6. The van der Waals surface area contributed by atoms with Gasteiger partial charge in [-0.2, -0.15) is 13.2 Å². The van der Waals surface area contributed by atoms with Gasteiger partial charge in [0.25, 0.3) is 0 Å². The summed E-state index contributed by atoms with van der Waals surface area (Å²) >= 11 is 7.53. The van der Waals surface area contributed by atoms with Crippen LogP contribution in [-0.4, -0.2) is 9.97 Å². The molecule has 1 aliphatic rings. The first-order valence-corrected chi connectivity index (χ1v) is 7.95. The molecule has 1 N–H and O–H groups in total. The molecule has 1 aliphatic carbocycles. The zero-order valence-electron chi connectivity index (χ0n) is 11.6. The van der Waals surface area contributed by atoms with E-state index in [-0.39, 0.29) is 16.9 Å². The maximum absolute atomic E-state index is 12.6. The Hall–Kier alpha value is -1.34. The van der Waals surface area contributed by atoms with Crippen molar-refractivity contribution in [2.45, 2.75) is 32.0 Å². The van der Waals surface area contributed by atoms with Gasteiger partial charge in [0.05, 0.1) is 16.6 Å². The lowest BCUT2D eigenvalue weighted by Crippen LogP contribution is -2.15. The second kappa shape index (κ2) is 5.70. The maximum Gasteiger partial charge on any atom is 0.417 e. The van der Waals surface area contributed by atoms with Crippen LogP contribution < -0.4 is 5.32 Å². The molecule has 0 spiro atoms. The molecular formula is C14H13ClF3N3S. The first-order valence-electron chi connectivity index (χ1n) is 6.76. The molecule has 22 heavy (non-hydrogen) atoms. The van der Waals surface area contributed by atoms with Gasteiger partial charge in [0.1, 0.15) is 10.8 Å². The Balaban J connectivity index is 1.84. The van der Waals surface area contributed by atoms with Crippen molar-refractivity contribution >= 4 is 28.8 Å². The average Bonchev–Trinajstić information content (AvgIpc) is 3.18. The first kappa shape index (κ1) is 15.6. The highest BCUT2D eigenvalue weighted by atomic mass is 35.5. The third-order valence-electron chi connectivity index (χ3n) is 3.46. The molecule has 118 valence electrons. The number of anilines is 1. The minimum Gasteiger partial charge on any atom is -0.359 e. The minimum absolute atomic E-state index is 0.0336. The predicted octanol–water partition coefficient (Wildman–Crippen LogP) is 5.08. The monoisotopic (exact) mass is 347 g/mol. The van der Waals surface area contributed by atoms with E-state index in [0.717, 1.165) is 35.0 Å². The molecule has 2 aromatic heterocycles. The van der Waals surface area contributed by atoms with E-state index in [4.69, 9.17) is 11.6 Å². The quantitative estimate of drug-likeness (QED) is 0.837. The average molecular weight is 348 g/mol. The largest absolute Gasteiger partial charge is 0.417 e. The second-order valence-electron chi connectivity index (χ2n) is 5.32. The van der Waals surface area contributed by atoms with Crippen LogP contribution in [0.5, 0.6) is 0 Å². The molecule has 3 rings (SSSR count). The highest BCUT2D eigenvalue weighted by Gasteiger charge is 2.36. The van der Waals surface area contributed by atoms with Crippen LogP contribution in [0.1, 0.15) is 34.3 Å². The van der Waals surface area contributed by atoms with E-state index in [1.54, 1.807) is 17.5 Å². The summed E-state index contributed by atoms with van der Waals surface area (Å²) in [7, 11) is 0. The third-order valence-corrected chi connectivity index (χ3v) is 4.74. The van der Waals surface area contributed by atoms with Crippen molar-refractivity contribution in [3.8, 4) is 0 Å². The fourth-order valence-electron chi connectivity index (χ4n) is 2.17. The summed E-state index contributed by atoms with van der Waals surface area (Å²) in [6, 6.07) is 0.842. The lowest BCUT2D eigenvalue weighted by molar-refractivity contribution is -0.137. The molecule has 0 saturated heterocycles. The van der Waals surface area contributed by atoms with Gasteiger partial charge in [-0.15, -0.1) is 11.3 Å². The van der Waals surface area contributed by atoms with Gasteiger partial charge < -0.3 is 5.32 Å². The van der Waals surface area contributed by atoms with Gasteiger partial charge in [-0.25, -0.2) is 9.97 Å². The van der Waals surface area contributed by atoms with E-state index in [1.165, 1.54) is 0 Å². The number of nitrogens with one attached hydrogen (secondary N) is 1. The van der Waals surface area contributed by atoms with Crippen LogP contribution >= 0.6 is 22.9 Å². The van der Waals surface area contributed by atoms with E-state index in [9.17, 15) is 13.2 Å². The molecule has 0 aromatic carbocycles. The molecule has 0 bridgehead atoms. The number of aromatic nitrogens is 2. The van der Waals surface area contributed by atoms with Crippen molar-refractivity contribution in [1.29, 1.82) is 0 Å². The van der Waals surface area contributed by atoms with Gasteiger partial charge in [0.15, 0.2) is 0 Å². The molecule has 0 amide bonds. The van der Waals surface area contributed by atoms with Crippen molar-refractivity contribution in [1.82, 2.24) is 9.97 Å². The van der Waals surface area contributed by atoms with E-state index >= 15 is 0 Å². The molecule has 1 atom stereocenters. The van der Waals surface area contributed by atoms with Gasteiger partial charge in [-0.3, -0.25) is 0 Å². The van der Waals surface area contributed by atoms with Crippen molar-refractivity contribution in [2.75, 3.05) is 5.32 Å². The molecule has 2 aromatic rings. The number of rotatable bonds is 4. The number of hydrogen-bond acceptors (Lipinski definition) is 4. The van der Waals surface area contributed by atoms with Gasteiger partial charge in [0.2, 0.25) is 0 Å². The van der Waals surface area contributed by atoms with Gasteiger partial charge in [-0.1, -0.05) is 11.6 Å². The van der Waals surface area contributed by atoms with Gasteiger partial charge >= 0.3 is 6.18 Å². The van der Waals surface area contributed by atoms with Crippen LogP contribution in [0.25, 0.3) is 0 Å². The number of aryl methyl sites for hydroxylation is 1. The van der Waals surface area contributed by atoms with E-state index in [1.807, 2.05) is 6.92 Å². The summed E-state index contributed by atoms with van der Waals surface area (Å²) in [5.41, 5.74) is -0.851. The smallest absolute Gasteiger partial charge is 0.359 e. The summed E-state index contributed by atoms with van der Waals surface area (Å²) in [6.45, 7) is 1.97. The standard InChI is InChI=1S/C14H13ClF3N3S/c1-7-5-20-13(22-7)11(8-2-3-8)21-12-10(15)4-9(6-19-12)14(16,17)18/h4-6,8,11H,2-3H2,1H3,(H,19,21)/t11-/m0/s1. The summed E-state index contributed by atoms with van der Waals surface area (Å²) in [6.07, 6.45) is 0.269. The molecule has 0 unspecified atom stereocenters. The summed E-state index contributed by atoms with van der Waals surface area (Å²) in [4.78, 5) is 9.30. The van der Waals surface area contributed by atoms with Crippen LogP contribution in [0.15, 0.2) is 18.5 Å². The van der Waals surface area contributed by atoms with Crippen LogP contribution in [0.2, 0.25) is 5.02 Å². The lowest BCUT2D eigenvalue weighted by atomic mass is 10.2. The zero-order valence-corrected chi connectivity index (χ0v) is 13.2. The topological polar surface area (TPSA) is 37.8 Å². The molecule has 8 heteroatoms. The highest BCUT2D eigenvalue weighted by molar-refractivity contribution is 7.11. The third kappa shape index (κ3) is 3.35. The second-order valence-corrected chi connectivity index (χ2v) is 6.99. The Morgan fingerprint density at radius 3 is 2.55 bits per heavy atom. The Morgan fingerprint density at radius 2 is 2.05 bits per heavy atom. The van der Waals surface area contributed by atoms with Crippen LogP contribution in [0.3, 0.4) is 0 Å². The zero-order chi connectivity index (χ0) is 15.9. The number of halogens is 4. The van der Waals surface area contributed by atoms with Crippen LogP contribution in [-0.2, 0) is 6.18 Å². The molecular weight excluding hydrogens is 335 g/mol. The van der Waals surface area contributed by atoms with Crippen molar-refractivity contribution in [2.24, 2.45) is 5.92 Å². The lowest BCUT2D eigenvalue weighted by Gasteiger charge is -2.18. The van der Waals surface area contributed by atoms with Crippen molar-refractivity contribution in [3.63, 3.8) is 0 Å². The fourth-order valence-corrected chi connectivity index (χ4v) is 3.31. The Kier molecular flexibility index (Phi) is 4.03. The van der Waals surface area contributed by atoms with Crippen LogP contribution in [0, 0.1) is 12.8 Å². The van der Waals surface area contributed by atoms with Crippen LogP contribution in [0.4, 0.5) is 19.0 Å². The normalized spacial score (nSPS) is 16.6. The molecule has 1 fully saturated rings. The molecule has 2 heterocycles.